The maximum absolute atomic E-state index is 12.6. The molecule has 7 heteroatoms. The zero-order chi connectivity index (χ0) is 17.2. The normalized spacial score (nSPS) is 15.4. The number of hydrogen-bond donors (Lipinski definition) is 0. The first-order valence-electron chi connectivity index (χ1n) is 7.75. The van der Waals surface area contributed by atoms with Gasteiger partial charge in [-0.25, -0.2) is 13.4 Å². The van der Waals surface area contributed by atoms with Crippen molar-refractivity contribution in [2.45, 2.75) is 4.90 Å². The summed E-state index contributed by atoms with van der Waals surface area (Å²) in [5.74, 6) is -0.0592. The summed E-state index contributed by atoms with van der Waals surface area (Å²) in [5.41, 5.74) is 1.66. The van der Waals surface area contributed by atoms with E-state index in [4.69, 9.17) is 0 Å². The van der Waals surface area contributed by atoms with Gasteiger partial charge in [-0.15, -0.1) is 0 Å². The molecular weight excluding hydrogens is 326 g/mol. The highest BCUT2D eigenvalue weighted by Crippen LogP contribution is 2.17. The van der Waals surface area contributed by atoms with Crippen molar-refractivity contribution in [1.29, 1.82) is 0 Å². The van der Waals surface area contributed by atoms with Crippen LogP contribution >= 0.6 is 0 Å². The number of sulfone groups is 1. The number of rotatable bonds is 3. The molecule has 1 aromatic heterocycles. The van der Waals surface area contributed by atoms with Crippen molar-refractivity contribution in [2.75, 3.05) is 37.3 Å². The first-order chi connectivity index (χ1) is 11.4. The van der Waals surface area contributed by atoms with Crippen LogP contribution in [0, 0.1) is 0 Å². The first kappa shape index (κ1) is 16.4. The van der Waals surface area contributed by atoms with Gasteiger partial charge in [-0.05, 0) is 24.3 Å². The van der Waals surface area contributed by atoms with Crippen molar-refractivity contribution < 1.29 is 18.2 Å². The van der Waals surface area contributed by atoms with Crippen LogP contribution in [0.1, 0.15) is 10.4 Å². The molecule has 0 spiro atoms. The third-order valence-electron chi connectivity index (χ3n) is 4.16. The number of H-pyrrole nitrogens is 1. The Morgan fingerprint density at radius 2 is 1.54 bits per heavy atom. The van der Waals surface area contributed by atoms with Crippen molar-refractivity contribution in [3.63, 3.8) is 0 Å². The number of anilines is 1. The summed E-state index contributed by atoms with van der Waals surface area (Å²) in [6.07, 6.45) is 4.93. The second-order valence-electron chi connectivity index (χ2n) is 5.83. The van der Waals surface area contributed by atoms with Crippen LogP contribution in [-0.2, 0) is 9.84 Å². The van der Waals surface area contributed by atoms with Crippen molar-refractivity contribution in [3.05, 3.63) is 54.4 Å². The van der Waals surface area contributed by atoms with E-state index in [0.29, 0.717) is 18.7 Å². The number of aromatic nitrogens is 1. The molecule has 1 aliphatic rings. The third kappa shape index (κ3) is 3.56. The van der Waals surface area contributed by atoms with Crippen LogP contribution in [0.3, 0.4) is 0 Å². The number of hydrogen-bond acceptors (Lipinski definition) is 4. The number of nitrogens with zero attached hydrogens (tertiary/aromatic N) is 2. The van der Waals surface area contributed by atoms with E-state index in [0.717, 1.165) is 25.0 Å². The topological polar surface area (TPSA) is 71.8 Å². The monoisotopic (exact) mass is 346 g/mol. The van der Waals surface area contributed by atoms with Gasteiger partial charge in [0.25, 0.3) is 5.91 Å². The molecule has 2 aromatic rings. The van der Waals surface area contributed by atoms with E-state index in [2.05, 4.69) is 9.88 Å². The Morgan fingerprint density at radius 1 is 0.958 bits per heavy atom. The SMILES string of the molecule is CS(=O)(=O)c1ccc(C(=O)N2CCN(c3cc[nH+]cc3)CC2)cc1. The molecule has 1 saturated heterocycles. The van der Waals surface area contributed by atoms with Crippen molar-refractivity contribution in [2.24, 2.45) is 0 Å². The second-order valence-corrected chi connectivity index (χ2v) is 7.85. The summed E-state index contributed by atoms with van der Waals surface area (Å²) in [4.78, 5) is 19.8. The minimum Gasteiger partial charge on any atom is -0.368 e. The van der Waals surface area contributed by atoms with E-state index in [1.165, 1.54) is 12.1 Å². The summed E-state index contributed by atoms with van der Waals surface area (Å²) in [6.45, 7) is 2.84. The van der Waals surface area contributed by atoms with Crippen LogP contribution in [0.25, 0.3) is 0 Å². The zero-order valence-corrected chi connectivity index (χ0v) is 14.3. The number of pyridine rings is 1. The van der Waals surface area contributed by atoms with Gasteiger partial charge in [0.1, 0.15) is 0 Å². The highest BCUT2D eigenvalue weighted by Gasteiger charge is 2.22. The molecule has 0 atom stereocenters. The first-order valence-corrected chi connectivity index (χ1v) is 9.65. The van der Waals surface area contributed by atoms with Crippen LogP contribution in [0.15, 0.2) is 53.7 Å². The second kappa shape index (κ2) is 6.60. The van der Waals surface area contributed by atoms with E-state index >= 15 is 0 Å². The van der Waals surface area contributed by atoms with Crippen molar-refractivity contribution in [1.82, 2.24) is 4.90 Å². The number of carbonyl (C=O) groups is 1. The predicted molar refractivity (Wildman–Crippen MR) is 90.7 cm³/mol. The standard InChI is InChI=1S/C17H19N3O3S/c1-24(22,23)16-4-2-14(3-5-16)17(21)20-12-10-19(11-13-20)15-6-8-18-9-7-15/h2-9H,10-13H2,1H3/p+1. The molecule has 1 aromatic carbocycles. The van der Waals surface area contributed by atoms with Crippen molar-refractivity contribution >= 4 is 21.4 Å². The minimum atomic E-state index is -3.24. The Hall–Kier alpha value is -2.41. The van der Waals surface area contributed by atoms with Gasteiger partial charge in [-0.3, -0.25) is 4.79 Å². The van der Waals surface area contributed by atoms with E-state index in [1.54, 1.807) is 17.0 Å². The highest BCUT2D eigenvalue weighted by molar-refractivity contribution is 7.90. The predicted octanol–water partition coefficient (Wildman–Crippen LogP) is 0.867. The molecule has 2 heterocycles. The lowest BCUT2D eigenvalue weighted by molar-refractivity contribution is -0.377. The fourth-order valence-electron chi connectivity index (χ4n) is 2.78. The van der Waals surface area contributed by atoms with Gasteiger partial charge in [0.2, 0.25) is 0 Å². The van der Waals surface area contributed by atoms with Crippen LogP contribution in [0.2, 0.25) is 0 Å². The third-order valence-corrected chi connectivity index (χ3v) is 5.29. The molecule has 0 saturated carbocycles. The Morgan fingerprint density at radius 3 is 2.08 bits per heavy atom. The molecule has 6 nitrogen and oxygen atoms in total. The molecule has 1 aliphatic heterocycles. The molecule has 1 amide bonds. The molecule has 1 N–H and O–H groups in total. The fourth-order valence-corrected chi connectivity index (χ4v) is 3.41. The summed E-state index contributed by atoms with van der Waals surface area (Å²) >= 11 is 0. The molecule has 0 unspecified atom stereocenters. The van der Waals surface area contributed by atoms with E-state index in [1.807, 2.05) is 24.5 Å². The van der Waals surface area contributed by atoms with Gasteiger partial charge in [-0.2, -0.15) is 0 Å². The average molecular weight is 346 g/mol. The Kier molecular flexibility index (Phi) is 4.53. The molecule has 1 fully saturated rings. The lowest BCUT2D eigenvalue weighted by Crippen LogP contribution is -2.48. The zero-order valence-electron chi connectivity index (χ0n) is 13.5. The molecule has 126 valence electrons. The number of aromatic amines is 1. The quantitative estimate of drug-likeness (QED) is 0.827. The van der Waals surface area contributed by atoms with Gasteiger partial charge in [0.05, 0.1) is 4.90 Å². The maximum atomic E-state index is 12.6. The lowest BCUT2D eigenvalue weighted by Gasteiger charge is -2.35. The number of benzene rings is 1. The largest absolute Gasteiger partial charge is 0.368 e. The van der Waals surface area contributed by atoms with Crippen LogP contribution in [-0.4, -0.2) is 51.7 Å². The molecule has 0 bridgehead atoms. The highest BCUT2D eigenvalue weighted by atomic mass is 32.2. The van der Waals surface area contributed by atoms with Gasteiger partial charge < -0.3 is 9.80 Å². The summed E-state index contributed by atoms with van der Waals surface area (Å²) in [7, 11) is -3.24. The summed E-state index contributed by atoms with van der Waals surface area (Å²) in [6, 6.07) is 10.2. The molecule has 24 heavy (non-hydrogen) atoms. The molecule has 0 aliphatic carbocycles. The number of carbonyl (C=O) groups excluding carboxylic acids is 1. The average Bonchev–Trinajstić information content (AvgIpc) is 2.61. The van der Waals surface area contributed by atoms with Gasteiger partial charge in [-0.1, -0.05) is 0 Å². The number of nitrogens with one attached hydrogen (secondary N) is 1. The van der Waals surface area contributed by atoms with Gasteiger partial charge >= 0.3 is 0 Å². The lowest BCUT2D eigenvalue weighted by atomic mass is 10.2. The number of amides is 1. The summed E-state index contributed by atoms with van der Waals surface area (Å²) < 4.78 is 23.0. The maximum Gasteiger partial charge on any atom is 0.253 e. The molecular formula is C17H20N3O3S+. The van der Waals surface area contributed by atoms with E-state index < -0.39 is 9.84 Å². The number of piperazine rings is 1. The van der Waals surface area contributed by atoms with Crippen LogP contribution in [0.4, 0.5) is 5.69 Å². The van der Waals surface area contributed by atoms with E-state index in [9.17, 15) is 13.2 Å². The van der Waals surface area contributed by atoms with E-state index in [-0.39, 0.29) is 10.8 Å². The molecule has 0 radical (unpaired) electrons. The van der Waals surface area contributed by atoms with Crippen LogP contribution in [0.5, 0.6) is 0 Å². The van der Waals surface area contributed by atoms with Crippen LogP contribution < -0.4 is 9.88 Å². The Labute approximate surface area is 141 Å². The Balaban J connectivity index is 1.65. The summed E-state index contributed by atoms with van der Waals surface area (Å²) in [5, 5.41) is 0. The Bertz CT molecular complexity index is 812. The van der Waals surface area contributed by atoms with Crippen molar-refractivity contribution in [3.8, 4) is 0 Å². The van der Waals surface area contributed by atoms with Gasteiger partial charge in [0.15, 0.2) is 22.2 Å². The minimum absolute atomic E-state index is 0.0592. The molecule has 3 rings (SSSR count). The fraction of sp³-hybridized carbons (Fsp3) is 0.294. The van der Waals surface area contributed by atoms with Gasteiger partial charge in [0, 0.05) is 55.8 Å². The smallest absolute Gasteiger partial charge is 0.253 e.